The van der Waals surface area contributed by atoms with Crippen molar-refractivity contribution in [3.8, 4) is 11.5 Å². The predicted octanol–water partition coefficient (Wildman–Crippen LogP) is 4.71. The number of nitrogens with zero attached hydrogens (tertiary/aromatic N) is 2. The molecule has 2 aliphatic heterocycles. The van der Waals surface area contributed by atoms with Gasteiger partial charge in [-0.1, -0.05) is 30.3 Å². The number of para-hydroxylation sites is 1. The number of aliphatic imine (C=N–C) groups is 1. The summed E-state index contributed by atoms with van der Waals surface area (Å²) in [5.41, 5.74) is 4.94. The van der Waals surface area contributed by atoms with Crippen LogP contribution in [0.3, 0.4) is 0 Å². The standard InChI is InChI=1S/C24H28N4O/c1-4-25-24-26-17(3)22-15-19(16-28(5-2)23(22)27-24)18-11-13-21(14-12-18)29-20-9-7-6-8-10-20/h6-14,16,23H,4-5,15H2,1-3H3,(H2,25,26,27). The second-order valence-electron chi connectivity index (χ2n) is 7.25. The van der Waals surface area contributed by atoms with E-state index in [1.807, 2.05) is 42.5 Å². The molecule has 0 aliphatic carbocycles. The molecule has 0 saturated carbocycles. The SMILES string of the molecule is CCNC1=NC(C)=C2CC(c3ccc(Oc4ccccc4)cc3)=CN(CC)C2N1. The van der Waals surface area contributed by atoms with Gasteiger partial charge in [0.1, 0.15) is 17.7 Å². The number of hydrogen-bond donors (Lipinski definition) is 2. The summed E-state index contributed by atoms with van der Waals surface area (Å²) < 4.78 is 5.93. The third kappa shape index (κ3) is 4.14. The minimum Gasteiger partial charge on any atom is -0.457 e. The van der Waals surface area contributed by atoms with E-state index in [0.717, 1.165) is 42.7 Å². The Bertz CT molecular complexity index is 945. The van der Waals surface area contributed by atoms with Crippen molar-refractivity contribution in [2.24, 2.45) is 4.99 Å². The first-order chi connectivity index (χ1) is 14.2. The maximum atomic E-state index is 5.93. The van der Waals surface area contributed by atoms with E-state index in [2.05, 4.69) is 54.6 Å². The number of hydrogen-bond acceptors (Lipinski definition) is 5. The summed E-state index contributed by atoms with van der Waals surface area (Å²) in [6.45, 7) is 8.15. The zero-order valence-electron chi connectivity index (χ0n) is 17.3. The molecule has 5 heteroatoms. The summed E-state index contributed by atoms with van der Waals surface area (Å²) >= 11 is 0. The van der Waals surface area contributed by atoms with E-state index in [0.29, 0.717) is 0 Å². The van der Waals surface area contributed by atoms with Crippen LogP contribution in [0.2, 0.25) is 0 Å². The molecule has 5 nitrogen and oxygen atoms in total. The number of fused-ring (bicyclic) bond motifs is 1. The summed E-state index contributed by atoms with van der Waals surface area (Å²) in [4.78, 5) is 7.06. The van der Waals surface area contributed by atoms with Crippen molar-refractivity contribution in [3.05, 3.63) is 77.6 Å². The predicted molar refractivity (Wildman–Crippen MR) is 119 cm³/mol. The van der Waals surface area contributed by atoms with Gasteiger partial charge in [-0.3, -0.25) is 0 Å². The van der Waals surface area contributed by atoms with Gasteiger partial charge in [0.05, 0.1) is 0 Å². The molecule has 0 radical (unpaired) electrons. The number of allylic oxidation sites excluding steroid dienone is 2. The van der Waals surface area contributed by atoms with Crippen molar-refractivity contribution in [2.45, 2.75) is 33.4 Å². The number of rotatable bonds is 5. The molecule has 0 saturated heterocycles. The van der Waals surface area contributed by atoms with Crippen LogP contribution in [0, 0.1) is 0 Å². The fourth-order valence-electron chi connectivity index (χ4n) is 3.79. The molecule has 2 heterocycles. The van der Waals surface area contributed by atoms with Crippen molar-refractivity contribution in [3.63, 3.8) is 0 Å². The minimum absolute atomic E-state index is 0.163. The van der Waals surface area contributed by atoms with Gasteiger partial charge in [0.25, 0.3) is 0 Å². The summed E-state index contributed by atoms with van der Waals surface area (Å²) in [6.07, 6.45) is 3.33. The van der Waals surface area contributed by atoms with Gasteiger partial charge < -0.3 is 20.3 Å². The van der Waals surface area contributed by atoms with Crippen LogP contribution in [0.5, 0.6) is 11.5 Å². The number of guanidine groups is 1. The van der Waals surface area contributed by atoms with Gasteiger partial charge in [0, 0.05) is 31.4 Å². The fraction of sp³-hybridized carbons (Fsp3) is 0.292. The van der Waals surface area contributed by atoms with E-state index >= 15 is 0 Å². The van der Waals surface area contributed by atoms with E-state index in [1.54, 1.807) is 0 Å². The second-order valence-corrected chi connectivity index (χ2v) is 7.25. The quantitative estimate of drug-likeness (QED) is 0.779. The molecule has 0 aromatic heterocycles. The lowest BCUT2D eigenvalue weighted by atomic mass is 9.91. The molecule has 0 bridgehead atoms. The molecule has 2 aromatic rings. The van der Waals surface area contributed by atoms with Crippen molar-refractivity contribution < 1.29 is 4.74 Å². The smallest absolute Gasteiger partial charge is 0.198 e. The van der Waals surface area contributed by atoms with E-state index in [4.69, 9.17) is 9.73 Å². The van der Waals surface area contributed by atoms with Crippen LogP contribution in [-0.2, 0) is 0 Å². The summed E-state index contributed by atoms with van der Waals surface area (Å²) in [5.74, 6) is 2.55. The normalized spacial score (nSPS) is 18.4. The lowest BCUT2D eigenvalue weighted by Gasteiger charge is -2.40. The molecule has 0 fully saturated rings. The highest BCUT2D eigenvalue weighted by molar-refractivity contribution is 5.83. The van der Waals surface area contributed by atoms with Crippen LogP contribution in [0.4, 0.5) is 0 Å². The van der Waals surface area contributed by atoms with Crippen molar-refractivity contribution >= 4 is 11.5 Å². The molecule has 29 heavy (non-hydrogen) atoms. The van der Waals surface area contributed by atoms with Crippen LogP contribution < -0.4 is 15.4 Å². The van der Waals surface area contributed by atoms with Gasteiger partial charge in [-0.25, -0.2) is 4.99 Å². The summed E-state index contributed by atoms with van der Waals surface area (Å²) in [7, 11) is 0. The first-order valence-electron chi connectivity index (χ1n) is 10.3. The Hall–Kier alpha value is -3.21. The number of benzene rings is 2. The minimum atomic E-state index is 0.163. The van der Waals surface area contributed by atoms with E-state index < -0.39 is 0 Å². The third-order valence-corrected chi connectivity index (χ3v) is 5.30. The van der Waals surface area contributed by atoms with Gasteiger partial charge >= 0.3 is 0 Å². The number of likely N-dealkylation sites (N-methyl/N-ethyl adjacent to an activating group) is 1. The molecule has 2 N–H and O–H groups in total. The zero-order chi connectivity index (χ0) is 20.2. The fourth-order valence-corrected chi connectivity index (χ4v) is 3.79. The van der Waals surface area contributed by atoms with Gasteiger partial charge in [0.2, 0.25) is 0 Å². The van der Waals surface area contributed by atoms with Crippen molar-refractivity contribution in [1.29, 1.82) is 0 Å². The largest absolute Gasteiger partial charge is 0.457 e. The Morgan fingerprint density at radius 1 is 1.07 bits per heavy atom. The molecule has 0 amide bonds. The Morgan fingerprint density at radius 2 is 1.79 bits per heavy atom. The molecule has 1 unspecified atom stereocenters. The third-order valence-electron chi connectivity index (χ3n) is 5.30. The van der Waals surface area contributed by atoms with Gasteiger partial charge in [-0.15, -0.1) is 0 Å². The Morgan fingerprint density at radius 3 is 2.48 bits per heavy atom. The van der Waals surface area contributed by atoms with Crippen LogP contribution in [0.1, 0.15) is 32.8 Å². The molecule has 1 atom stereocenters. The topological polar surface area (TPSA) is 48.9 Å². The second kappa shape index (κ2) is 8.43. The maximum Gasteiger partial charge on any atom is 0.198 e. The molecule has 2 aliphatic rings. The van der Waals surface area contributed by atoms with Crippen LogP contribution >= 0.6 is 0 Å². The lowest BCUT2D eigenvalue weighted by molar-refractivity contribution is 0.289. The van der Waals surface area contributed by atoms with Crippen molar-refractivity contribution in [1.82, 2.24) is 15.5 Å². The van der Waals surface area contributed by atoms with Crippen molar-refractivity contribution in [2.75, 3.05) is 13.1 Å². The highest BCUT2D eigenvalue weighted by Crippen LogP contribution is 2.35. The monoisotopic (exact) mass is 388 g/mol. The highest BCUT2D eigenvalue weighted by atomic mass is 16.5. The lowest BCUT2D eigenvalue weighted by Crippen LogP contribution is -2.54. The van der Waals surface area contributed by atoms with Crippen LogP contribution in [0.15, 0.2) is 77.1 Å². The molecule has 4 rings (SSSR count). The Labute approximate surface area is 172 Å². The average Bonchev–Trinajstić information content (AvgIpc) is 2.75. The van der Waals surface area contributed by atoms with E-state index in [-0.39, 0.29) is 6.17 Å². The summed E-state index contributed by atoms with van der Waals surface area (Å²) in [5, 5.41) is 6.84. The first kappa shape index (κ1) is 19.1. The van der Waals surface area contributed by atoms with E-state index in [1.165, 1.54) is 16.7 Å². The average molecular weight is 389 g/mol. The molecule has 2 aromatic carbocycles. The van der Waals surface area contributed by atoms with Gasteiger partial charge in [-0.2, -0.15) is 0 Å². The number of nitrogens with one attached hydrogen (secondary N) is 2. The Balaban J connectivity index is 1.57. The number of ether oxygens (including phenoxy) is 1. The molecular weight excluding hydrogens is 360 g/mol. The van der Waals surface area contributed by atoms with Gasteiger partial charge in [0.15, 0.2) is 5.96 Å². The summed E-state index contributed by atoms with van der Waals surface area (Å²) in [6, 6.07) is 18.2. The Kier molecular flexibility index (Phi) is 5.56. The van der Waals surface area contributed by atoms with Gasteiger partial charge in [-0.05, 0) is 61.7 Å². The molecule has 0 spiro atoms. The molecular formula is C24H28N4O. The maximum absolute atomic E-state index is 5.93. The first-order valence-corrected chi connectivity index (χ1v) is 10.3. The van der Waals surface area contributed by atoms with Crippen LogP contribution in [-0.4, -0.2) is 30.1 Å². The zero-order valence-corrected chi connectivity index (χ0v) is 17.3. The van der Waals surface area contributed by atoms with Crippen LogP contribution in [0.25, 0.3) is 5.57 Å². The van der Waals surface area contributed by atoms with E-state index in [9.17, 15) is 0 Å². The molecule has 150 valence electrons. The highest BCUT2D eigenvalue weighted by Gasteiger charge is 2.30.